The van der Waals surface area contributed by atoms with E-state index in [2.05, 4.69) is 15.6 Å². The number of benzene rings is 2. The van der Waals surface area contributed by atoms with Gasteiger partial charge in [-0.2, -0.15) is 0 Å². The maximum Gasteiger partial charge on any atom is 0.255 e. The molecule has 0 bridgehead atoms. The van der Waals surface area contributed by atoms with Crippen LogP contribution in [0.5, 0.6) is 17.2 Å². The van der Waals surface area contributed by atoms with Gasteiger partial charge in [0.05, 0.1) is 7.11 Å². The molecule has 4 rings (SSSR count). The molecular weight excluding hydrogens is 370 g/mol. The highest BCUT2D eigenvalue weighted by Gasteiger charge is 2.15. The average Bonchev–Trinajstić information content (AvgIpc) is 3.22. The number of carbonyl (C=O) groups is 1. The van der Waals surface area contributed by atoms with E-state index in [0.717, 1.165) is 17.7 Å². The number of aromatic nitrogens is 1. The minimum atomic E-state index is -0.223. The molecule has 1 amide bonds. The first-order valence-electron chi connectivity index (χ1n) is 9.26. The first kappa shape index (κ1) is 18.6. The summed E-state index contributed by atoms with van der Waals surface area (Å²) < 4.78 is 16.0. The maximum atomic E-state index is 12.6. The lowest BCUT2D eigenvalue weighted by Gasteiger charge is -2.10. The van der Waals surface area contributed by atoms with Crippen molar-refractivity contribution in [1.82, 2.24) is 4.98 Å². The number of hydrogen-bond donors (Lipinski definition) is 2. The van der Waals surface area contributed by atoms with Gasteiger partial charge in [-0.15, -0.1) is 0 Å². The summed E-state index contributed by atoms with van der Waals surface area (Å²) in [5.74, 6) is 2.57. The summed E-state index contributed by atoms with van der Waals surface area (Å²) in [5.41, 5.74) is 2.26. The monoisotopic (exact) mass is 391 g/mol. The lowest BCUT2D eigenvalue weighted by atomic mass is 10.1. The normalized spacial score (nSPS) is 11.8. The molecule has 2 N–H and O–H groups in total. The van der Waals surface area contributed by atoms with Crippen molar-refractivity contribution >= 4 is 17.4 Å². The number of anilines is 2. The Balaban J connectivity index is 1.37. The van der Waals surface area contributed by atoms with Crippen molar-refractivity contribution in [2.24, 2.45) is 0 Å². The molecule has 0 atom stereocenters. The number of methoxy groups -OCH3 is 1. The summed E-state index contributed by atoms with van der Waals surface area (Å²) in [4.78, 5) is 16.9. The highest BCUT2D eigenvalue weighted by atomic mass is 16.7. The Morgan fingerprint density at radius 1 is 1.10 bits per heavy atom. The predicted molar refractivity (Wildman–Crippen MR) is 110 cm³/mol. The van der Waals surface area contributed by atoms with Crippen LogP contribution in [0.1, 0.15) is 15.9 Å². The third-order valence-corrected chi connectivity index (χ3v) is 4.55. The number of nitrogens with zero attached hydrogens (tertiary/aromatic N) is 1. The minimum Gasteiger partial charge on any atom is -0.496 e. The molecule has 0 saturated heterocycles. The van der Waals surface area contributed by atoms with Crippen molar-refractivity contribution < 1.29 is 19.0 Å². The smallest absolute Gasteiger partial charge is 0.255 e. The topological polar surface area (TPSA) is 81.7 Å². The molecule has 2 heterocycles. The van der Waals surface area contributed by atoms with Gasteiger partial charge in [-0.3, -0.25) is 4.79 Å². The van der Waals surface area contributed by atoms with Gasteiger partial charge < -0.3 is 24.8 Å². The molecule has 7 heteroatoms. The molecule has 2 aromatic carbocycles. The number of amides is 1. The fraction of sp³-hybridized carbons (Fsp3) is 0.182. The van der Waals surface area contributed by atoms with Crippen LogP contribution in [-0.4, -0.2) is 31.3 Å². The van der Waals surface area contributed by atoms with E-state index >= 15 is 0 Å². The summed E-state index contributed by atoms with van der Waals surface area (Å²) >= 11 is 0. The van der Waals surface area contributed by atoms with Crippen LogP contribution < -0.4 is 24.8 Å². The van der Waals surface area contributed by atoms with Gasteiger partial charge in [-0.05, 0) is 42.3 Å². The quantitative estimate of drug-likeness (QED) is 0.639. The third kappa shape index (κ3) is 4.40. The van der Waals surface area contributed by atoms with Gasteiger partial charge in [-0.25, -0.2) is 4.98 Å². The van der Waals surface area contributed by atoms with Crippen LogP contribution in [0.15, 0.2) is 60.8 Å². The maximum absolute atomic E-state index is 12.6. The largest absolute Gasteiger partial charge is 0.496 e. The summed E-state index contributed by atoms with van der Waals surface area (Å²) in [6, 6.07) is 16.6. The molecule has 1 aromatic heterocycles. The Bertz CT molecular complexity index is 1020. The van der Waals surface area contributed by atoms with Crippen LogP contribution in [0.4, 0.5) is 11.5 Å². The van der Waals surface area contributed by atoms with Crippen LogP contribution in [0, 0.1) is 0 Å². The zero-order valence-electron chi connectivity index (χ0n) is 16.0. The summed E-state index contributed by atoms with van der Waals surface area (Å²) in [6.07, 6.45) is 2.39. The van der Waals surface area contributed by atoms with Crippen LogP contribution in [0.3, 0.4) is 0 Å². The van der Waals surface area contributed by atoms with Gasteiger partial charge in [0, 0.05) is 30.1 Å². The van der Waals surface area contributed by atoms with Crippen LogP contribution in [0.2, 0.25) is 0 Å². The van der Waals surface area contributed by atoms with E-state index < -0.39 is 0 Å². The molecule has 0 saturated carbocycles. The van der Waals surface area contributed by atoms with Gasteiger partial charge in [-0.1, -0.05) is 18.2 Å². The zero-order chi connectivity index (χ0) is 20.1. The van der Waals surface area contributed by atoms with Crippen molar-refractivity contribution in [1.29, 1.82) is 0 Å². The van der Waals surface area contributed by atoms with Crippen molar-refractivity contribution in [2.75, 3.05) is 31.1 Å². The van der Waals surface area contributed by atoms with E-state index in [0.29, 0.717) is 35.1 Å². The second kappa shape index (κ2) is 8.52. The second-order valence-electron chi connectivity index (χ2n) is 6.44. The number of para-hydroxylation sites is 1. The highest BCUT2D eigenvalue weighted by molar-refractivity contribution is 6.04. The van der Waals surface area contributed by atoms with E-state index in [-0.39, 0.29) is 12.7 Å². The molecule has 0 fully saturated rings. The Morgan fingerprint density at radius 3 is 2.86 bits per heavy atom. The molecule has 7 nitrogen and oxygen atoms in total. The van der Waals surface area contributed by atoms with Gasteiger partial charge in [0.25, 0.3) is 5.91 Å². The summed E-state index contributed by atoms with van der Waals surface area (Å²) in [5, 5.41) is 6.12. The number of pyridine rings is 1. The zero-order valence-corrected chi connectivity index (χ0v) is 16.0. The Morgan fingerprint density at radius 2 is 1.97 bits per heavy atom. The summed E-state index contributed by atoms with van der Waals surface area (Å²) in [7, 11) is 1.66. The lowest BCUT2D eigenvalue weighted by molar-refractivity contribution is 0.102. The standard InChI is InChI=1S/C22H21N3O4/c1-27-18-5-3-2-4-15(18)8-10-23-21-12-16(9-11-24-21)22(26)25-17-6-7-19-20(13-17)29-14-28-19/h2-7,9,11-13H,8,10,14H2,1H3,(H,23,24)(H,25,26). The highest BCUT2D eigenvalue weighted by Crippen LogP contribution is 2.34. The number of hydrogen-bond acceptors (Lipinski definition) is 6. The SMILES string of the molecule is COc1ccccc1CCNc1cc(C(=O)Nc2ccc3c(c2)OCO3)ccn1. The first-order valence-corrected chi connectivity index (χ1v) is 9.26. The molecule has 1 aliphatic rings. The molecule has 3 aromatic rings. The Labute approximate surface area is 168 Å². The molecule has 148 valence electrons. The van der Waals surface area contributed by atoms with Crippen molar-refractivity contribution in [3.05, 3.63) is 71.9 Å². The molecule has 0 spiro atoms. The van der Waals surface area contributed by atoms with Crippen LogP contribution in [0.25, 0.3) is 0 Å². The molecular formula is C22H21N3O4. The van der Waals surface area contributed by atoms with Crippen LogP contribution in [-0.2, 0) is 6.42 Å². The van der Waals surface area contributed by atoms with E-state index in [4.69, 9.17) is 14.2 Å². The van der Waals surface area contributed by atoms with Gasteiger partial charge in [0.1, 0.15) is 11.6 Å². The molecule has 0 radical (unpaired) electrons. The minimum absolute atomic E-state index is 0.195. The number of fused-ring (bicyclic) bond motifs is 1. The number of ether oxygens (including phenoxy) is 3. The van der Waals surface area contributed by atoms with Crippen molar-refractivity contribution in [3.8, 4) is 17.2 Å². The molecule has 1 aliphatic heterocycles. The predicted octanol–water partition coefficient (Wildman–Crippen LogP) is 3.73. The van der Waals surface area contributed by atoms with E-state index in [9.17, 15) is 4.79 Å². The summed E-state index contributed by atoms with van der Waals surface area (Å²) in [6.45, 7) is 0.863. The van der Waals surface area contributed by atoms with Crippen molar-refractivity contribution in [3.63, 3.8) is 0 Å². The Hall–Kier alpha value is -3.74. The average molecular weight is 391 g/mol. The number of rotatable bonds is 7. The molecule has 0 unspecified atom stereocenters. The van der Waals surface area contributed by atoms with Gasteiger partial charge in [0.2, 0.25) is 6.79 Å². The number of carbonyl (C=O) groups excluding carboxylic acids is 1. The van der Waals surface area contributed by atoms with Gasteiger partial charge >= 0.3 is 0 Å². The third-order valence-electron chi connectivity index (χ3n) is 4.55. The van der Waals surface area contributed by atoms with E-state index in [1.165, 1.54) is 0 Å². The number of nitrogens with one attached hydrogen (secondary N) is 2. The fourth-order valence-electron chi connectivity index (χ4n) is 3.08. The van der Waals surface area contributed by atoms with Gasteiger partial charge in [0.15, 0.2) is 11.5 Å². The molecule has 29 heavy (non-hydrogen) atoms. The second-order valence-corrected chi connectivity index (χ2v) is 6.44. The fourth-order valence-corrected chi connectivity index (χ4v) is 3.08. The van der Waals surface area contributed by atoms with E-state index in [1.54, 1.807) is 43.6 Å². The first-order chi connectivity index (χ1) is 14.2. The Kier molecular flexibility index (Phi) is 5.47. The lowest BCUT2D eigenvalue weighted by Crippen LogP contribution is -2.13. The van der Waals surface area contributed by atoms with E-state index in [1.807, 2.05) is 24.3 Å². The molecule has 0 aliphatic carbocycles. The van der Waals surface area contributed by atoms with Crippen LogP contribution >= 0.6 is 0 Å². The van der Waals surface area contributed by atoms with Crippen molar-refractivity contribution in [2.45, 2.75) is 6.42 Å².